The van der Waals surface area contributed by atoms with E-state index in [4.69, 9.17) is 4.42 Å². The number of rotatable bonds is 2. The summed E-state index contributed by atoms with van der Waals surface area (Å²) in [4.78, 5) is 30.9. The van der Waals surface area contributed by atoms with Crippen LogP contribution in [0.3, 0.4) is 0 Å². The van der Waals surface area contributed by atoms with Crippen LogP contribution in [0.25, 0.3) is 11.3 Å². The fourth-order valence-corrected chi connectivity index (χ4v) is 3.65. The molecule has 24 heavy (non-hydrogen) atoms. The molecule has 1 aromatic heterocycles. The lowest BCUT2D eigenvalue weighted by atomic mass is 9.91. The van der Waals surface area contributed by atoms with Gasteiger partial charge in [-0.25, -0.2) is 4.98 Å². The van der Waals surface area contributed by atoms with Gasteiger partial charge in [-0.05, 0) is 19.8 Å². The van der Waals surface area contributed by atoms with Crippen molar-refractivity contribution in [3.05, 3.63) is 41.9 Å². The lowest BCUT2D eigenvalue weighted by Crippen LogP contribution is -2.48. The zero-order chi connectivity index (χ0) is 16.7. The number of hydrogen-bond donors (Lipinski definition) is 1. The van der Waals surface area contributed by atoms with E-state index in [1.807, 2.05) is 31.2 Å². The van der Waals surface area contributed by atoms with Crippen LogP contribution in [-0.2, 0) is 4.79 Å². The van der Waals surface area contributed by atoms with Gasteiger partial charge in [0.2, 0.25) is 5.91 Å². The lowest BCUT2D eigenvalue weighted by molar-refractivity contribution is -0.123. The van der Waals surface area contributed by atoms with E-state index in [-0.39, 0.29) is 23.8 Å². The molecule has 1 aromatic carbocycles. The SMILES string of the molecule is Cc1ccc(-c2ocnc2C(=O)N2CCC[C@H]3C(=O)NC[C@H]32)cc1. The molecule has 2 saturated heterocycles. The average molecular weight is 325 g/mol. The molecule has 0 spiro atoms. The molecule has 0 saturated carbocycles. The first-order valence-corrected chi connectivity index (χ1v) is 8.24. The highest BCUT2D eigenvalue weighted by atomic mass is 16.3. The van der Waals surface area contributed by atoms with Gasteiger partial charge >= 0.3 is 0 Å². The summed E-state index contributed by atoms with van der Waals surface area (Å²) in [6, 6.07) is 7.71. The quantitative estimate of drug-likeness (QED) is 0.916. The second-order valence-electron chi connectivity index (χ2n) is 6.46. The van der Waals surface area contributed by atoms with Crippen LogP contribution >= 0.6 is 0 Å². The molecule has 0 unspecified atom stereocenters. The number of carbonyl (C=O) groups excluding carboxylic acids is 2. The standard InChI is InChI=1S/C18H19N3O3/c1-11-4-6-12(7-5-11)16-15(20-10-24-16)18(23)21-8-2-3-13-14(21)9-19-17(13)22/h4-7,10,13-14H,2-3,8-9H2,1H3,(H,19,22)/t13-,14-/m1/s1. The number of piperidine rings is 1. The van der Waals surface area contributed by atoms with Crippen molar-refractivity contribution >= 4 is 11.8 Å². The number of fused-ring (bicyclic) bond motifs is 1. The van der Waals surface area contributed by atoms with Gasteiger partial charge in [0.15, 0.2) is 17.8 Å². The molecule has 2 aliphatic heterocycles. The number of amides is 2. The maximum absolute atomic E-state index is 13.0. The number of likely N-dealkylation sites (tertiary alicyclic amines) is 1. The van der Waals surface area contributed by atoms with E-state index in [1.165, 1.54) is 6.39 Å². The van der Waals surface area contributed by atoms with Gasteiger partial charge in [0.25, 0.3) is 5.91 Å². The second-order valence-corrected chi connectivity index (χ2v) is 6.46. The largest absolute Gasteiger partial charge is 0.443 e. The minimum absolute atomic E-state index is 0.0522. The number of aryl methyl sites for hydroxylation is 1. The molecule has 3 heterocycles. The van der Waals surface area contributed by atoms with E-state index in [0.29, 0.717) is 24.5 Å². The molecule has 2 amide bonds. The molecule has 0 aliphatic carbocycles. The highest BCUT2D eigenvalue weighted by molar-refractivity contribution is 5.98. The van der Waals surface area contributed by atoms with E-state index in [9.17, 15) is 9.59 Å². The Hall–Kier alpha value is -2.63. The van der Waals surface area contributed by atoms with Crippen molar-refractivity contribution in [1.29, 1.82) is 0 Å². The normalized spacial score (nSPS) is 23.0. The van der Waals surface area contributed by atoms with E-state index in [2.05, 4.69) is 10.3 Å². The van der Waals surface area contributed by atoms with Gasteiger partial charge in [0.05, 0.1) is 12.0 Å². The summed E-state index contributed by atoms with van der Waals surface area (Å²) >= 11 is 0. The van der Waals surface area contributed by atoms with Crippen LogP contribution in [-0.4, -0.2) is 40.8 Å². The van der Waals surface area contributed by atoms with Gasteiger partial charge in [0.1, 0.15) is 0 Å². The van der Waals surface area contributed by atoms with Gasteiger partial charge in [-0.15, -0.1) is 0 Å². The first kappa shape index (κ1) is 14.9. The summed E-state index contributed by atoms with van der Waals surface area (Å²) in [5.41, 5.74) is 2.29. The Morgan fingerprint density at radius 3 is 2.92 bits per heavy atom. The summed E-state index contributed by atoms with van der Waals surface area (Å²) in [6.07, 6.45) is 2.98. The molecule has 0 bridgehead atoms. The third-order valence-corrected chi connectivity index (χ3v) is 4.95. The molecular formula is C18H19N3O3. The Morgan fingerprint density at radius 2 is 2.12 bits per heavy atom. The van der Waals surface area contributed by atoms with Crippen molar-refractivity contribution in [2.75, 3.05) is 13.1 Å². The van der Waals surface area contributed by atoms with Crippen molar-refractivity contribution in [1.82, 2.24) is 15.2 Å². The molecule has 2 fully saturated rings. The predicted octanol–water partition coefficient (Wildman–Crippen LogP) is 2.00. The number of oxazole rings is 1. The van der Waals surface area contributed by atoms with Crippen molar-refractivity contribution in [3.8, 4) is 11.3 Å². The van der Waals surface area contributed by atoms with Crippen LogP contribution in [0.2, 0.25) is 0 Å². The fraction of sp³-hybridized carbons (Fsp3) is 0.389. The molecule has 0 radical (unpaired) electrons. The fourth-order valence-electron chi connectivity index (χ4n) is 3.65. The minimum Gasteiger partial charge on any atom is -0.443 e. The van der Waals surface area contributed by atoms with Crippen LogP contribution in [0, 0.1) is 12.8 Å². The monoisotopic (exact) mass is 325 g/mol. The smallest absolute Gasteiger partial charge is 0.276 e. The maximum atomic E-state index is 13.0. The van der Waals surface area contributed by atoms with Gasteiger partial charge in [-0.2, -0.15) is 0 Å². The highest BCUT2D eigenvalue weighted by Crippen LogP contribution is 2.31. The molecule has 6 nitrogen and oxygen atoms in total. The lowest BCUT2D eigenvalue weighted by Gasteiger charge is -2.35. The highest BCUT2D eigenvalue weighted by Gasteiger charge is 2.43. The Bertz CT molecular complexity index is 781. The van der Waals surface area contributed by atoms with Gasteiger partial charge in [-0.1, -0.05) is 29.8 Å². The third kappa shape index (κ3) is 2.38. The second kappa shape index (κ2) is 5.78. The van der Waals surface area contributed by atoms with Crippen LogP contribution in [0.15, 0.2) is 35.1 Å². The molecule has 2 atom stereocenters. The van der Waals surface area contributed by atoms with Crippen molar-refractivity contribution in [2.24, 2.45) is 5.92 Å². The van der Waals surface area contributed by atoms with E-state index in [1.54, 1.807) is 4.90 Å². The third-order valence-electron chi connectivity index (χ3n) is 4.95. The van der Waals surface area contributed by atoms with Crippen molar-refractivity contribution < 1.29 is 14.0 Å². The van der Waals surface area contributed by atoms with E-state index < -0.39 is 0 Å². The van der Waals surface area contributed by atoms with Gasteiger partial charge in [0, 0.05) is 18.7 Å². The van der Waals surface area contributed by atoms with Crippen LogP contribution < -0.4 is 5.32 Å². The zero-order valence-corrected chi connectivity index (χ0v) is 13.5. The van der Waals surface area contributed by atoms with Gasteiger partial charge in [-0.3, -0.25) is 9.59 Å². The molecule has 4 rings (SSSR count). The summed E-state index contributed by atoms with van der Waals surface area (Å²) in [6.45, 7) is 3.18. The zero-order valence-electron chi connectivity index (χ0n) is 13.5. The summed E-state index contributed by atoms with van der Waals surface area (Å²) in [5, 5.41) is 2.87. The Kier molecular flexibility index (Phi) is 3.59. The van der Waals surface area contributed by atoms with Crippen molar-refractivity contribution in [2.45, 2.75) is 25.8 Å². The Morgan fingerprint density at radius 1 is 1.33 bits per heavy atom. The summed E-state index contributed by atoms with van der Waals surface area (Å²) in [5.74, 6) is 0.277. The first-order valence-electron chi connectivity index (χ1n) is 8.24. The van der Waals surface area contributed by atoms with Crippen LogP contribution in [0.5, 0.6) is 0 Å². The number of nitrogens with zero attached hydrogens (tertiary/aromatic N) is 2. The molecule has 2 aromatic rings. The van der Waals surface area contributed by atoms with E-state index >= 15 is 0 Å². The average Bonchev–Trinajstić information content (AvgIpc) is 3.22. The van der Waals surface area contributed by atoms with E-state index in [0.717, 1.165) is 24.0 Å². The van der Waals surface area contributed by atoms with Crippen molar-refractivity contribution in [3.63, 3.8) is 0 Å². The Balaban J connectivity index is 1.65. The molecule has 1 N–H and O–H groups in total. The summed E-state index contributed by atoms with van der Waals surface area (Å²) in [7, 11) is 0. The predicted molar refractivity (Wildman–Crippen MR) is 87.2 cm³/mol. The molecule has 2 aliphatic rings. The topological polar surface area (TPSA) is 75.4 Å². The minimum atomic E-state index is -0.162. The molecular weight excluding hydrogens is 306 g/mol. The molecule has 6 heteroatoms. The molecule has 124 valence electrons. The van der Waals surface area contributed by atoms with Gasteiger partial charge < -0.3 is 14.6 Å². The number of nitrogens with one attached hydrogen (secondary N) is 1. The van der Waals surface area contributed by atoms with Crippen LogP contribution in [0.4, 0.5) is 0 Å². The Labute approximate surface area is 139 Å². The number of carbonyl (C=O) groups is 2. The maximum Gasteiger partial charge on any atom is 0.276 e. The number of aromatic nitrogens is 1. The summed E-state index contributed by atoms with van der Waals surface area (Å²) < 4.78 is 5.49. The first-order chi connectivity index (χ1) is 11.6. The number of benzene rings is 1. The van der Waals surface area contributed by atoms with Crippen LogP contribution in [0.1, 0.15) is 28.9 Å². The number of hydrogen-bond acceptors (Lipinski definition) is 4.